The van der Waals surface area contributed by atoms with Gasteiger partial charge in [0.15, 0.2) is 0 Å². The van der Waals surface area contributed by atoms with Gasteiger partial charge in [0.05, 0.1) is 6.21 Å². The molecule has 0 fully saturated rings. The van der Waals surface area contributed by atoms with Crippen LogP contribution in [0.25, 0.3) is 10.9 Å². The van der Waals surface area contributed by atoms with E-state index in [1.165, 1.54) is 19.7 Å². The first-order chi connectivity index (χ1) is 10.7. The Hall–Kier alpha value is -3.09. The minimum absolute atomic E-state index is 0.268. The van der Waals surface area contributed by atoms with Crippen molar-refractivity contribution in [3.63, 3.8) is 0 Å². The standard InChI is InChI=1S/C15H15N5O2/c1-9-5-10-6-11(3-4-13(10)20-9)22-15-12(7-19-21-2)14(16)17-8-18-15/h3-8,20H,1-2H3,(H2,16,17,18)/b19-7+. The number of rotatable bonds is 4. The fourth-order valence-electron chi connectivity index (χ4n) is 2.13. The van der Waals surface area contributed by atoms with Gasteiger partial charge in [-0.15, -0.1) is 0 Å². The topological polar surface area (TPSA) is 98.4 Å². The molecule has 2 aromatic heterocycles. The van der Waals surface area contributed by atoms with Crippen molar-refractivity contribution in [1.29, 1.82) is 0 Å². The summed E-state index contributed by atoms with van der Waals surface area (Å²) in [5.74, 6) is 1.24. The minimum atomic E-state index is 0.268. The highest BCUT2D eigenvalue weighted by Crippen LogP contribution is 2.27. The lowest BCUT2D eigenvalue weighted by atomic mass is 10.2. The summed E-state index contributed by atoms with van der Waals surface area (Å²) in [6.45, 7) is 2.00. The molecular formula is C15H15N5O2. The van der Waals surface area contributed by atoms with E-state index in [-0.39, 0.29) is 5.82 Å². The zero-order chi connectivity index (χ0) is 15.5. The molecule has 0 aliphatic heterocycles. The third-order valence-electron chi connectivity index (χ3n) is 3.11. The molecule has 0 atom stereocenters. The predicted octanol–water partition coefficient (Wildman–Crippen LogP) is 2.62. The van der Waals surface area contributed by atoms with Crippen molar-refractivity contribution in [2.75, 3.05) is 12.8 Å². The number of nitrogen functional groups attached to an aromatic ring is 1. The quantitative estimate of drug-likeness (QED) is 0.569. The highest BCUT2D eigenvalue weighted by Gasteiger charge is 2.10. The number of fused-ring (bicyclic) bond motifs is 1. The van der Waals surface area contributed by atoms with Crippen molar-refractivity contribution in [3.05, 3.63) is 41.9 Å². The van der Waals surface area contributed by atoms with Crippen LogP contribution >= 0.6 is 0 Å². The van der Waals surface area contributed by atoms with Crippen molar-refractivity contribution < 1.29 is 9.57 Å². The van der Waals surface area contributed by atoms with Crippen LogP contribution in [-0.4, -0.2) is 28.3 Å². The average Bonchev–Trinajstić information content (AvgIpc) is 2.86. The van der Waals surface area contributed by atoms with Gasteiger partial charge in [0.25, 0.3) is 0 Å². The third-order valence-corrected chi connectivity index (χ3v) is 3.11. The second kappa shape index (κ2) is 5.72. The Balaban J connectivity index is 1.97. The largest absolute Gasteiger partial charge is 0.438 e. The number of hydrogen-bond acceptors (Lipinski definition) is 6. The second-order valence-corrected chi connectivity index (χ2v) is 4.70. The molecule has 0 spiro atoms. The maximum absolute atomic E-state index is 5.83. The summed E-state index contributed by atoms with van der Waals surface area (Å²) in [5.41, 5.74) is 8.43. The van der Waals surface area contributed by atoms with E-state index >= 15 is 0 Å². The van der Waals surface area contributed by atoms with E-state index in [0.717, 1.165) is 16.6 Å². The predicted molar refractivity (Wildman–Crippen MR) is 84.2 cm³/mol. The fourth-order valence-corrected chi connectivity index (χ4v) is 2.13. The first kappa shape index (κ1) is 13.9. The summed E-state index contributed by atoms with van der Waals surface area (Å²) in [5, 5.41) is 4.75. The molecule has 0 saturated heterocycles. The minimum Gasteiger partial charge on any atom is -0.438 e. The van der Waals surface area contributed by atoms with Gasteiger partial charge in [0.1, 0.15) is 30.6 Å². The molecule has 0 aliphatic carbocycles. The number of nitrogens with zero attached hydrogens (tertiary/aromatic N) is 3. The van der Waals surface area contributed by atoms with Crippen molar-refractivity contribution in [2.24, 2.45) is 5.16 Å². The summed E-state index contributed by atoms with van der Waals surface area (Å²) < 4.78 is 5.81. The van der Waals surface area contributed by atoms with Crippen LogP contribution in [0.2, 0.25) is 0 Å². The van der Waals surface area contributed by atoms with Gasteiger partial charge < -0.3 is 20.3 Å². The summed E-state index contributed by atoms with van der Waals surface area (Å²) in [6, 6.07) is 7.77. The van der Waals surface area contributed by atoms with Gasteiger partial charge in [0, 0.05) is 16.6 Å². The van der Waals surface area contributed by atoms with E-state index in [9.17, 15) is 0 Å². The van der Waals surface area contributed by atoms with Crippen molar-refractivity contribution in [3.8, 4) is 11.6 Å². The van der Waals surface area contributed by atoms with Gasteiger partial charge in [-0.3, -0.25) is 0 Å². The zero-order valence-electron chi connectivity index (χ0n) is 12.2. The van der Waals surface area contributed by atoms with Crippen LogP contribution in [-0.2, 0) is 4.84 Å². The maximum Gasteiger partial charge on any atom is 0.233 e. The van der Waals surface area contributed by atoms with Crippen LogP contribution < -0.4 is 10.5 Å². The monoisotopic (exact) mass is 297 g/mol. The number of benzene rings is 1. The lowest BCUT2D eigenvalue weighted by Gasteiger charge is -2.08. The van der Waals surface area contributed by atoms with E-state index in [4.69, 9.17) is 10.5 Å². The molecule has 3 aromatic rings. The van der Waals surface area contributed by atoms with Crippen LogP contribution in [0.4, 0.5) is 5.82 Å². The molecule has 7 nitrogen and oxygen atoms in total. The van der Waals surface area contributed by atoms with Crippen LogP contribution in [0.5, 0.6) is 11.6 Å². The SMILES string of the molecule is CO/N=C/c1c(N)ncnc1Oc1ccc2[nH]c(C)cc2c1. The number of aromatic nitrogens is 3. The first-order valence-corrected chi connectivity index (χ1v) is 6.61. The summed E-state index contributed by atoms with van der Waals surface area (Å²) in [6.07, 6.45) is 2.76. The van der Waals surface area contributed by atoms with Crippen molar-refractivity contribution in [2.45, 2.75) is 6.92 Å². The molecule has 2 heterocycles. The average molecular weight is 297 g/mol. The fraction of sp³-hybridized carbons (Fsp3) is 0.133. The molecule has 0 saturated carbocycles. The molecule has 22 heavy (non-hydrogen) atoms. The van der Waals surface area contributed by atoms with Crippen LogP contribution in [0.3, 0.4) is 0 Å². The van der Waals surface area contributed by atoms with Gasteiger partial charge in [-0.05, 0) is 31.2 Å². The number of hydrogen-bond donors (Lipinski definition) is 2. The molecule has 0 bridgehead atoms. The van der Waals surface area contributed by atoms with Gasteiger partial charge in [0.2, 0.25) is 5.88 Å². The Kier molecular flexibility index (Phi) is 3.61. The number of nitrogens with one attached hydrogen (secondary N) is 1. The number of ether oxygens (including phenoxy) is 1. The van der Waals surface area contributed by atoms with Gasteiger partial charge in [-0.2, -0.15) is 0 Å². The molecular weight excluding hydrogens is 282 g/mol. The highest BCUT2D eigenvalue weighted by atomic mass is 16.6. The van der Waals surface area contributed by atoms with E-state index < -0.39 is 0 Å². The molecule has 112 valence electrons. The number of oxime groups is 1. The number of anilines is 1. The molecule has 3 N–H and O–H groups in total. The van der Waals surface area contributed by atoms with Crippen molar-refractivity contribution >= 4 is 22.9 Å². The first-order valence-electron chi connectivity index (χ1n) is 6.61. The van der Waals surface area contributed by atoms with E-state index in [0.29, 0.717) is 17.2 Å². The Labute approximate surface area is 126 Å². The Bertz CT molecular complexity index is 841. The molecule has 0 amide bonds. The molecule has 0 unspecified atom stereocenters. The van der Waals surface area contributed by atoms with Crippen molar-refractivity contribution in [1.82, 2.24) is 15.0 Å². The Morgan fingerprint density at radius 2 is 2.14 bits per heavy atom. The molecule has 1 aromatic carbocycles. The van der Waals surface area contributed by atoms with Crippen LogP contribution in [0.1, 0.15) is 11.3 Å². The van der Waals surface area contributed by atoms with Crippen LogP contribution in [0.15, 0.2) is 35.7 Å². The Morgan fingerprint density at radius 1 is 1.27 bits per heavy atom. The normalized spacial score (nSPS) is 11.2. The molecule has 7 heteroatoms. The molecule has 0 aliphatic rings. The lowest BCUT2D eigenvalue weighted by Crippen LogP contribution is -2.02. The molecule has 3 rings (SSSR count). The summed E-state index contributed by atoms with van der Waals surface area (Å²) in [7, 11) is 1.44. The third kappa shape index (κ3) is 2.69. The maximum atomic E-state index is 5.83. The van der Waals surface area contributed by atoms with E-state index in [1.807, 2.05) is 31.2 Å². The second-order valence-electron chi connectivity index (χ2n) is 4.70. The van der Waals surface area contributed by atoms with Gasteiger partial charge in [-0.25, -0.2) is 9.97 Å². The summed E-state index contributed by atoms with van der Waals surface area (Å²) in [4.78, 5) is 16.0. The van der Waals surface area contributed by atoms with Gasteiger partial charge in [-0.1, -0.05) is 5.16 Å². The number of aryl methyl sites for hydroxylation is 1. The van der Waals surface area contributed by atoms with Crippen LogP contribution in [0, 0.1) is 6.92 Å². The van der Waals surface area contributed by atoms with E-state index in [1.54, 1.807) is 0 Å². The highest BCUT2D eigenvalue weighted by molar-refractivity contribution is 5.88. The number of H-pyrrole nitrogens is 1. The zero-order valence-corrected chi connectivity index (χ0v) is 12.2. The smallest absolute Gasteiger partial charge is 0.233 e. The number of aromatic amines is 1. The van der Waals surface area contributed by atoms with E-state index in [2.05, 4.69) is 24.9 Å². The number of nitrogens with two attached hydrogens (primary N) is 1. The summed E-state index contributed by atoms with van der Waals surface area (Å²) >= 11 is 0. The lowest BCUT2D eigenvalue weighted by molar-refractivity contribution is 0.215. The Morgan fingerprint density at radius 3 is 2.95 bits per heavy atom. The van der Waals surface area contributed by atoms with Gasteiger partial charge >= 0.3 is 0 Å². The molecule has 0 radical (unpaired) electrons.